The highest BCUT2D eigenvalue weighted by Crippen LogP contribution is 2.21. The van der Waals surface area contributed by atoms with Gasteiger partial charge in [-0.3, -0.25) is 5.10 Å². The Morgan fingerprint density at radius 2 is 2.04 bits per heavy atom. The van der Waals surface area contributed by atoms with Crippen molar-refractivity contribution in [2.75, 3.05) is 5.32 Å². The minimum Gasteiger partial charge on any atom is -0.332 e. The van der Waals surface area contributed by atoms with E-state index < -0.39 is 0 Å². The van der Waals surface area contributed by atoms with Crippen molar-refractivity contribution in [3.8, 4) is 0 Å². The number of carbonyl (C=O) groups is 1. The maximum absolute atomic E-state index is 11.9. The van der Waals surface area contributed by atoms with E-state index in [1.807, 2.05) is 43.5 Å². The number of carbonyl (C=O) groups excluding carboxylic acids is 1. The summed E-state index contributed by atoms with van der Waals surface area (Å²) in [4.78, 5) is 16.1. The molecule has 0 aliphatic heterocycles. The number of benzene rings is 1. The minimum absolute atomic E-state index is 0.191. The molecule has 2 amide bonds. The maximum Gasteiger partial charge on any atom is 0.319 e. The summed E-state index contributed by atoms with van der Waals surface area (Å²) in [5, 5.41) is 12.2. The molecule has 0 radical (unpaired) electrons. The van der Waals surface area contributed by atoms with Gasteiger partial charge in [0.2, 0.25) is 0 Å². The average molecular weight is 324 g/mol. The Hall–Kier alpha value is -3.09. The highest BCUT2D eigenvalue weighted by molar-refractivity contribution is 5.89. The van der Waals surface area contributed by atoms with Gasteiger partial charge in [-0.15, -0.1) is 0 Å². The number of urea groups is 1. The van der Waals surface area contributed by atoms with Gasteiger partial charge in [-0.05, 0) is 37.6 Å². The van der Waals surface area contributed by atoms with E-state index in [1.54, 1.807) is 12.4 Å². The zero-order chi connectivity index (χ0) is 16.9. The van der Waals surface area contributed by atoms with Crippen LogP contribution in [0.2, 0.25) is 0 Å². The number of rotatable bonds is 5. The summed E-state index contributed by atoms with van der Waals surface area (Å²) in [7, 11) is 0. The van der Waals surface area contributed by atoms with Crippen molar-refractivity contribution in [2.24, 2.45) is 0 Å². The Bertz CT molecular complexity index is 791. The van der Waals surface area contributed by atoms with Gasteiger partial charge in [0.15, 0.2) is 0 Å². The number of aromatic amines is 1. The van der Waals surface area contributed by atoms with Gasteiger partial charge in [0.1, 0.15) is 5.82 Å². The summed E-state index contributed by atoms with van der Waals surface area (Å²) in [6.45, 7) is 4.51. The number of amides is 2. The number of imidazole rings is 1. The highest BCUT2D eigenvalue weighted by atomic mass is 16.2. The molecule has 3 N–H and O–H groups in total. The first-order valence-corrected chi connectivity index (χ1v) is 7.76. The molecule has 3 rings (SSSR count). The monoisotopic (exact) mass is 324 g/mol. The molecule has 3 aromatic rings. The van der Waals surface area contributed by atoms with Crippen LogP contribution in [0.15, 0.2) is 48.9 Å². The summed E-state index contributed by atoms with van der Waals surface area (Å²) in [5.41, 5.74) is 2.75. The molecule has 0 saturated heterocycles. The van der Waals surface area contributed by atoms with Gasteiger partial charge in [0.05, 0.1) is 18.3 Å². The number of aryl methyl sites for hydroxylation is 1. The first-order chi connectivity index (χ1) is 11.6. The van der Waals surface area contributed by atoms with E-state index in [0.29, 0.717) is 6.54 Å². The molecule has 124 valence electrons. The summed E-state index contributed by atoms with van der Waals surface area (Å²) >= 11 is 0. The van der Waals surface area contributed by atoms with Crippen LogP contribution in [-0.2, 0) is 6.54 Å². The summed E-state index contributed by atoms with van der Waals surface area (Å²) in [6, 6.07) is 9.56. The minimum atomic E-state index is -0.254. The lowest BCUT2D eigenvalue weighted by atomic mass is 10.1. The Balaban J connectivity index is 1.58. The summed E-state index contributed by atoms with van der Waals surface area (Å²) in [5.74, 6) is 0.975. The first-order valence-electron chi connectivity index (χ1n) is 7.76. The lowest BCUT2D eigenvalue weighted by Crippen LogP contribution is -2.28. The smallest absolute Gasteiger partial charge is 0.319 e. The van der Waals surface area contributed by atoms with Gasteiger partial charge in [-0.25, -0.2) is 9.78 Å². The largest absolute Gasteiger partial charge is 0.332 e. The van der Waals surface area contributed by atoms with Crippen LogP contribution in [0, 0.1) is 6.92 Å². The number of nitrogens with one attached hydrogen (secondary N) is 3. The fraction of sp³-hybridized carbons (Fsp3) is 0.235. The number of hydrogen-bond acceptors (Lipinski definition) is 3. The molecule has 1 atom stereocenters. The van der Waals surface area contributed by atoms with E-state index in [1.165, 1.54) is 0 Å². The molecule has 2 heterocycles. The Kier molecular flexibility index (Phi) is 4.60. The summed E-state index contributed by atoms with van der Waals surface area (Å²) < 4.78 is 2.11. The van der Waals surface area contributed by atoms with Gasteiger partial charge in [0, 0.05) is 24.3 Å². The molecule has 1 aromatic carbocycles. The van der Waals surface area contributed by atoms with Crippen molar-refractivity contribution < 1.29 is 4.79 Å². The van der Waals surface area contributed by atoms with Gasteiger partial charge in [-0.1, -0.05) is 12.1 Å². The predicted molar refractivity (Wildman–Crippen MR) is 91.7 cm³/mol. The predicted octanol–water partition coefficient (Wildman–Crippen LogP) is 2.85. The van der Waals surface area contributed by atoms with Gasteiger partial charge >= 0.3 is 6.03 Å². The van der Waals surface area contributed by atoms with Gasteiger partial charge < -0.3 is 15.2 Å². The zero-order valence-corrected chi connectivity index (χ0v) is 13.7. The van der Waals surface area contributed by atoms with E-state index in [2.05, 4.69) is 37.3 Å². The van der Waals surface area contributed by atoms with E-state index in [4.69, 9.17) is 0 Å². The van der Waals surface area contributed by atoms with Crippen molar-refractivity contribution in [1.82, 2.24) is 25.1 Å². The van der Waals surface area contributed by atoms with Crippen molar-refractivity contribution in [2.45, 2.75) is 26.4 Å². The van der Waals surface area contributed by atoms with Crippen LogP contribution in [0.1, 0.15) is 30.0 Å². The number of nitrogens with zero attached hydrogens (tertiary/aromatic N) is 3. The maximum atomic E-state index is 11.9. The Morgan fingerprint density at radius 1 is 1.25 bits per heavy atom. The van der Waals surface area contributed by atoms with Crippen LogP contribution in [-0.4, -0.2) is 25.8 Å². The normalized spacial score (nSPS) is 11.9. The quantitative estimate of drug-likeness (QED) is 0.674. The van der Waals surface area contributed by atoms with Crippen LogP contribution >= 0.6 is 0 Å². The average Bonchev–Trinajstić information content (AvgIpc) is 3.24. The third-order valence-electron chi connectivity index (χ3n) is 3.93. The van der Waals surface area contributed by atoms with E-state index in [0.717, 1.165) is 22.8 Å². The Morgan fingerprint density at radius 3 is 2.67 bits per heavy atom. The molecule has 0 bridgehead atoms. The molecule has 0 saturated carbocycles. The second-order valence-electron chi connectivity index (χ2n) is 5.57. The molecule has 24 heavy (non-hydrogen) atoms. The fourth-order valence-corrected chi connectivity index (χ4v) is 2.54. The van der Waals surface area contributed by atoms with Gasteiger partial charge in [-0.2, -0.15) is 5.10 Å². The second-order valence-corrected chi connectivity index (χ2v) is 5.57. The number of anilines is 1. The van der Waals surface area contributed by atoms with E-state index in [9.17, 15) is 4.79 Å². The third kappa shape index (κ3) is 3.62. The van der Waals surface area contributed by atoms with Crippen molar-refractivity contribution in [3.05, 3.63) is 66.0 Å². The molecule has 7 heteroatoms. The van der Waals surface area contributed by atoms with E-state index >= 15 is 0 Å². The lowest BCUT2D eigenvalue weighted by molar-refractivity contribution is 0.251. The van der Waals surface area contributed by atoms with Crippen molar-refractivity contribution in [1.29, 1.82) is 0 Å². The third-order valence-corrected chi connectivity index (χ3v) is 3.93. The van der Waals surface area contributed by atoms with Crippen molar-refractivity contribution in [3.63, 3.8) is 0 Å². The molecule has 0 aliphatic rings. The molecule has 2 aromatic heterocycles. The first kappa shape index (κ1) is 15.8. The molecular weight excluding hydrogens is 304 g/mol. The Labute approximate surface area is 140 Å². The van der Waals surface area contributed by atoms with Crippen LogP contribution in [0.25, 0.3) is 0 Å². The van der Waals surface area contributed by atoms with Gasteiger partial charge in [0.25, 0.3) is 0 Å². The molecular formula is C17H20N6O. The second kappa shape index (κ2) is 6.99. The van der Waals surface area contributed by atoms with Crippen LogP contribution in [0.5, 0.6) is 0 Å². The number of H-pyrrole nitrogens is 1. The van der Waals surface area contributed by atoms with Crippen LogP contribution in [0.3, 0.4) is 0 Å². The number of aromatic nitrogens is 4. The standard InChI is InChI=1S/C17H20N6O/c1-12(23-10-9-18-13(23)2)14-3-5-15(6-4-14)21-17(24)19-11-16-7-8-20-22-16/h3-10,12H,11H2,1-2H3,(H,20,22)(H2,19,21,24)/t12-/m0/s1. The molecule has 0 spiro atoms. The molecule has 0 fully saturated rings. The van der Waals surface area contributed by atoms with Crippen molar-refractivity contribution >= 4 is 11.7 Å². The SMILES string of the molecule is Cc1nccn1[C@@H](C)c1ccc(NC(=O)NCc2ccn[nH]2)cc1. The summed E-state index contributed by atoms with van der Waals surface area (Å²) in [6.07, 6.45) is 5.41. The molecule has 7 nitrogen and oxygen atoms in total. The van der Waals surface area contributed by atoms with E-state index in [-0.39, 0.29) is 12.1 Å². The zero-order valence-electron chi connectivity index (χ0n) is 13.7. The molecule has 0 unspecified atom stereocenters. The highest BCUT2D eigenvalue weighted by Gasteiger charge is 2.10. The molecule has 0 aliphatic carbocycles. The van der Waals surface area contributed by atoms with Crippen LogP contribution < -0.4 is 10.6 Å². The van der Waals surface area contributed by atoms with Crippen LogP contribution in [0.4, 0.5) is 10.5 Å². The topological polar surface area (TPSA) is 87.6 Å². The lowest BCUT2D eigenvalue weighted by Gasteiger charge is -2.16. The fourth-order valence-electron chi connectivity index (χ4n) is 2.54. The number of hydrogen-bond donors (Lipinski definition) is 3.